The second-order valence-electron chi connectivity index (χ2n) is 9.38. The molecule has 0 atom stereocenters. The van der Waals surface area contributed by atoms with Gasteiger partial charge in [-0.25, -0.2) is 4.52 Å². The molecule has 2 aliphatic heterocycles. The van der Waals surface area contributed by atoms with Crippen LogP contribution >= 0.6 is 0 Å². The Bertz CT molecular complexity index is 1170. The number of pyridine rings is 1. The Morgan fingerprint density at radius 3 is 2.56 bits per heavy atom. The van der Waals surface area contributed by atoms with Gasteiger partial charge in [-0.2, -0.15) is 5.10 Å². The Morgan fingerprint density at radius 2 is 1.79 bits per heavy atom. The number of hydrogen-bond donors (Lipinski definition) is 0. The number of fused-ring (bicyclic) bond motifs is 1. The third kappa shape index (κ3) is 4.65. The molecule has 2 amide bonds. The first-order valence-corrected chi connectivity index (χ1v) is 12.3. The van der Waals surface area contributed by atoms with Gasteiger partial charge in [-0.3, -0.25) is 9.59 Å². The third-order valence-corrected chi connectivity index (χ3v) is 7.23. The Balaban J connectivity index is 1.24. The maximum absolute atomic E-state index is 13.1. The topological polar surface area (TPSA) is 67.2 Å². The van der Waals surface area contributed by atoms with Crippen molar-refractivity contribution in [3.8, 4) is 5.75 Å². The highest BCUT2D eigenvalue weighted by Crippen LogP contribution is 2.30. The molecule has 0 N–H and O–H groups in total. The normalized spacial score (nSPS) is 17.2. The first-order valence-electron chi connectivity index (χ1n) is 12.3. The highest BCUT2D eigenvalue weighted by Gasteiger charge is 2.26. The molecule has 0 radical (unpaired) electrons. The van der Waals surface area contributed by atoms with E-state index >= 15 is 0 Å². The van der Waals surface area contributed by atoms with E-state index in [-0.39, 0.29) is 11.8 Å². The van der Waals surface area contributed by atoms with Crippen molar-refractivity contribution in [2.24, 2.45) is 0 Å². The van der Waals surface area contributed by atoms with Crippen molar-refractivity contribution in [3.63, 3.8) is 0 Å². The van der Waals surface area contributed by atoms with Gasteiger partial charge in [0.05, 0.1) is 30.8 Å². The molecule has 178 valence electrons. The van der Waals surface area contributed by atoms with Crippen LogP contribution in [0.5, 0.6) is 5.75 Å². The number of aromatic nitrogens is 2. The number of carbonyl (C=O) groups excluding carboxylic acids is 2. The molecule has 7 heteroatoms. The van der Waals surface area contributed by atoms with Crippen molar-refractivity contribution in [3.05, 3.63) is 65.5 Å². The van der Waals surface area contributed by atoms with Gasteiger partial charge in [0.25, 0.3) is 5.91 Å². The van der Waals surface area contributed by atoms with Crippen molar-refractivity contribution in [2.45, 2.75) is 44.4 Å². The van der Waals surface area contributed by atoms with Crippen LogP contribution in [0.25, 0.3) is 5.52 Å². The number of ether oxygens (including phenoxy) is 1. The van der Waals surface area contributed by atoms with E-state index in [0.717, 1.165) is 68.7 Å². The molecule has 3 aromatic rings. The maximum Gasteiger partial charge on any atom is 0.257 e. The van der Waals surface area contributed by atoms with Crippen molar-refractivity contribution in [2.75, 3.05) is 33.3 Å². The molecule has 0 aliphatic carbocycles. The first kappa shape index (κ1) is 22.4. The van der Waals surface area contributed by atoms with Gasteiger partial charge in [0.2, 0.25) is 5.91 Å². The average molecular weight is 461 g/mol. The predicted octanol–water partition coefficient (Wildman–Crippen LogP) is 3.92. The minimum absolute atomic E-state index is 0.0878. The summed E-state index contributed by atoms with van der Waals surface area (Å²) in [5.74, 6) is 1.40. The summed E-state index contributed by atoms with van der Waals surface area (Å²) in [6.45, 7) is 3.16. The van der Waals surface area contributed by atoms with Gasteiger partial charge in [-0.15, -0.1) is 0 Å². The Labute approximate surface area is 200 Å². The van der Waals surface area contributed by atoms with E-state index in [9.17, 15) is 9.59 Å². The van der Waals surface area contributed by atoms with E-state index in [1.165, 1.54) is 12.0 Å². The van der Waals surface area contributed by atoms with E-state index < -0.39 is 0 Å². The number of nitrogens with zero attached hydrogens (tertiary/aromatic N) is 4. The van der Waals surface area contributed by atoms with Gasteiger partial charge in [-0.05, 0) is 73.4 Å². The van der Waals surface area contributed by atoms with Crippen LogP contribution in [-0.4, -0.2) is 64.5 Å². The van der Waals surface area contributed by atoms with E-state index in [4.69, 9.17) is 4.74 Å². The van der Waals surface area contributed by atoms with Gasteiger partial charge in [0, 0.05) is 32.4 Å². The van der Waals surface area contributed by atoms with Crippen LogP contribution in [0.15, 0.2) is 48.8 Å². The molecule has 2 saturated heterocycles. The van der Waals surface area contributed by atoms with Gasteiger partial charge < -0.3 is 14.5 Å². The highest BCUT2D eigenvalue weighted by atomic mass is 16.5. The number of hydrogen-bond acceptors (Lipinski definition) is 4. The summed E-state index contributed by atoms with van der Waals surface area (Å²) in [5.41, 5.74) is 3.77. The molecule has 2 aromatic heterocycles. The summed E-state index contributed by atoms with van der Waals surface area (Å²) in [6.07, 6.45) is 9.24. The van der Waals surface area contributed by atoms with Crippen LogP contribution in [0.4, 0.5) is 0 Å². The van der Waals surface area contributed by atoms with Crippen molar-refractivity contribution in [1.29, 1.82) is 0 Å². The number of rotatable bonds is 5. The predicted molar refractivity (Wildman–Crippen MR) is 130 cm³/mol. The molecular formula is C27H32N4O3. The molecule has 7 nitrogen and oxygen atoms in total. The van der Waals surface area contributed by atoms with Gasteiger partial charge >= 0.3 is 0 Å². The molecule has 0 spiro atoms. The summed E-state index contributed by atoms with van der Waals surface area (Å²) >= 11 is 0. The SMILES string of the molecule is COc1cccc(CC(=O)N2CCC(c3ccn4ncc(C(=O)N5CCCCC5)c4c3)CC2)c1. The second kappa shape index (κ2) is 9.87. The van der Waals surface area contributed by atoms with Gasteiger partial charge in [0.1, 0.15) is 5.75 Å². The van der Waals surface area contributed by atoms with E-state index in [2.05, 4.69) is 17.2 Å². The number of methoxy groups -OCH3 is 1. The Kier molecular flexibility index (Phi) is 6.52. The molecule has 5 rings (SSSR count). The molecule has 34 heavy (non-hydrogen) atoms. The van der Waals surface area contributed by atoms with E-state index in [0.29, 0.717) is 17.9 Å². The number of likely N-dealkylation sites (tertiary alicyclic amines) is 2. The Hall–Kier alpha value is -3.35. The Morgan fingerprint density at radius 1 is 1.00 bits per heavy atom. The number of amides is 2. The minimum atomic E-state index is 0.0878. The van der Waals surface area contributed by atoms with Crippen LogP contribution < -0.4 is 4.74 Å². The molecule has 0 bridgehead atoms. The van der Waals surface area contributed by atoms with E-state index in [1.54, 1.807) is 17.8 Å². The number of piperidine rings is 2. The zero-order valence-corrected chi connectivity index (χ0v) is 19.8. The van der Waals surface area contributed by atoms with Gasteiger partial charge in [-0.1, -0.05) is 12.1 Å². The van der Waals surface area contributed by atoms with Crippen molar-refractivity contribution >= 4 is 17.3 Å². The average Bonchev–Trinajstić information content (AvgIpc) is 3.32. The fraction of sp³-hybridized carbons (Fsp3) is 0.444. The van der Waals surface area contributed by atoms with Crippen LogP contribution in [0.3, 0.4) is 0 Å². The van der Waals surface area contributed by atoms with Crippen LogP contribution in [0, 0.1) is 0 Å². The summed E-state index contributed by atoms with van der Waals surface area (Å²) in [7, 11) is 1.64. The lowest BCUT2D eigenvalue weighted by Gasteiger charge is -2.32. The zero-order chi connectivity index (χ0) is 23.5. The standard InChI is InChI=1S/C27H32N4O3/c1-34-23-7-5-6-20(16-23)17-26(32)29-13-8-21(9-14-29)22-10-15-31-25(18-22)24(19-28-31)27(33)30-11-3-2-4-12-30/h5-7,10,15-16,18-19,21H,2-4,8-9,11-14,17H2,1H3. The highest BCUT2D eigenvalue weighted by molar-refractivity contribution is 6.00. The van der Waals surface area contributed by atoms with Crippen molar-refractivity contribution < 1.29 is 14.3 Å². The molecule has 2 fully saturated rings. The fourth-order valence-corrected chi connectivity index (χ4v) is 5.21. The quantitative estimate of drug-likeness (QED) is 0.579. The minimum Gasteiger partial charge on any atom is -0.497 e. The lowest BCUT2D eigenvalue weighted by molar-refractivity contribution is -0.131. The molecule has 0 saturated carbocycles. The molecular weight excluding hydrogens is 428 g/mol. The van der Waals surface area contributed by atoms with Gasteiger partial charge in [0.15, 0.2) is 0 Å². The fourth-order valence-electron chi connectivity index (χ4n) is 5.21. The monoisotopic (exact) mass is 460 g/mol. The summed E-state index contributed by atoms with van der Waals surface area (Å²) in [4.78, 5) is 29.9. The lowest BCUT2D eigenvalue weighted by atomic mass is 9.89. The maximum atomic E-state index is 13.1. The summed E-state index contributed by atoms with van der Waals surface area (Å²) in [6, 6.07) is 11.9. The third-order valence-electron chi connectivity index (χ3n) is 7.23. The van der Waals surface area contributed by atoms with E-state index in [1.807, 2.05) is 40.3 Å². The largest absolute Gasteiger partial charge is 0.497 e. The molecule has 2 aliphatic rings. The zero-order valence-electron chi connectivity index (χ0n) is 19.8. The smallest absolute Gasteiger partial charge is 0.257 e. The molecule has 1 aromatic carbocycles. The molecule has 0 unspecified atom stereocenters. The number of benzene rings is 1. The lowest BCUT2D eigenvalue weighted by Crippen LogP contribution is -2.38. The van der Waals surface area contributed by atoms with Crippen LogP contribution in [0.2, 0.25) is 0 Å². The summed E-state index contributed by atoms with van der Waals surface area (Å²) < 4.78 is 7.07. The van der Waals surface area contributed by atoms with Crippen LogP contribution in [-0.2, 0) is 11.2 Å². The van der Waals surface area contributed by atoms with Crippen molar-refractivity contribution in [1.82, 2.24) is 19.4 Å². The molecule has 4 heterocycles. The first-order chi connectivity index (χ1) is 16.6. The number of carbonyl (C=O) groups is 2. The second-order valence-corrected chi connectivity index (χ2v) is 9.38. The summed E-state index contributed by atoms with van der Waals surface area (Å²) in [5, 5.41) is 4.42. The van der Waals surface area contributed by atoms with Crippen LogP contribution in [0.1, 0.15) is 59.5 Å².